The molecule has 1 aromatic heterocycles. The maximum atomic E-state index is 12.5. The Morgan fingerprint density at radius 2 is 1.69 bits per heavy atom. The van der Waals surface area contributed by atoms with Gasteiger partial charge in [-0.2, -0.15) is 5.26 Å². The second kappa shape index (κ2) is 6.54. The summed E-state index contributed by atoms with van der Waals surface area (Å²) >= 11 is 0. The lowest BCUT2D eigenvalue weighted by molar-refractivity contribution is 0.102. The number of imidazole rings is 1. The molecule has 0 radical (unpaired) electrons. The van der Waals surface area contributed by atoms with Gasteiger partial charge in [0.2, 0.25) is 0 Å². The van der Waals surface area contributed by atoms with Crippen LogP contribution in [0.1, 0.15) is 15.9 Å². The Morgan fingerprint density at radius 3 is 2.46 bits per heavy atom. The van der Waals surface area contributed by atoms with Crippen molar-refractivity contribution < 1.29 is 4.79 Å². The van der Waals surface area contributed by atoms with E-state index in [1.807, 2.05) is 54.6 Å². The predicted octanol–water partition coefficient (Wildman–Crippen LogP) is 4.35. The molecule has 1 heterocycles. The summed E-state index contributed by atoms with van der Waals surface area (Å²) in [6.07, 6.45) is 0. The number of nitrogens with one attached hydrogen (secondary N) is 2. The Bertz CT molecular complexity index is 1100. The molecule has 2 N–H and O–H groups in total. The average molecular weight is 338 g/mol. The molecule has 1 amide bonds. The average Bonchev–Trinajstić information content (AvgIpc) is 3.12. The van der Waals surface area contributed by atoms with Crippen LogP contribution in [0.4, 0.5) is 5.69 Å². The van der Waals surface area contributed by atoms with Crippen LogP contribution in [0.15, 0.2) is 72.8 Å². The van der Waals surface area contributed by atoms with Gasteiger partial charge in [0.25, 0.3) is 5.91 Å². The van der Waals surface area contributed by atoms with Gasteiger partial charge < -0.3 is 10.3 Å². The number of nitriles is 1. The lowest BCUT2D eigenvalue weighted by Gasteiger charge is -2.09. The van der Waals surface area contributed by atoms with Crippen molar-refractivity contribution in [3.8, 4) is 17.5 Å². The number of aromatic nitrogens is 2. The van der Waals surface area contributed by atoms with Crippen LogP contribution in [0.3, 0.4) is 0 Å². The smallest absolute Gasteiger partial charge is 0.255 e. The number of para-hydroxylation sites is 3. The predicted molar refractivity (Wildman–Crippen MR) is 101 cm³/mol. The number of amides is 1. The topological polar surface area (TPSA) is 81.6 Å². The first-order valence-electron chi connectivity index (χ1n) is 8.10. The number of benzene rings is 3. The Balaban J connectivity index is 1.67. The molecule has 3 aromatic carbocycles. The van der Waals surface area contributed by atoms with Crippen molar-refractivity contribution in [3.63, 3.8) is 0 Å². The Morgan fingerprint density at radius 1 is 0.962 bits per heavy atom. The van der Waals surface area contributed by atoms with Crippen LogP contribution in [0.2, 0.25) is 0 Å². The fraction of sp³-hybridized carbons (Fsp3) is 0. The molecule has 26 heavy (non-hydrogen) atoms. The summed E-state index contributed by atoms with van der Waals surface area (Å²) in [5.41, 5.74) is 4.30. The van der Waals surface area contributed by atoms with Gasteiger partial charge in [0, 0.05) is 11.1 Å². The number of fused-ring (bicyclic) bond motifs is 1. The van der Waals surface area contributed by atoms with E-state index in [1.54, 1.807) is 24.3 Å². The van der Waals surface area contributed by atoms with E-state index in [4.69, 9.17) is 5.26 Å². The number of anilines is 1. The minimum atomic E-state index is -0.238. The molecule has 124 valence electrons. The molecule has 5 heteroatoms. The molecule has 0 saturated heterocycles. The number of carbonyl (C=O) groups excluding carboxylic acids is 1. The molecule has 0 aliphatic heterocycles. The molecule has 0 saturated carbocycles. The van der Waals surface area contributed by atoms with Crippen LogP contribution in [-0.2, 0) is 0 Å². The number of hydrogen-bond donors (Lipinski definition) is 2. The van der Waals surface area contributed by atoms with Crippen LogP contribution in [0.25, 0.3) is 22.4 Å². The third-order valence-corrected chi connectivity index (χ3v) is 4.10. The number of hydrogen-bond acceptors (Lipinski definition) is 3. The van der Waals surface area contributed by atoms with Gasteiger partial charge in [-0.3, -0.25) is 4.79 Å². The van der Waals surface area contributed by atoms with Gasteiger partial charge in [0.1, 0.15) is 5.82 Å². The monoisotopic (exact) mass is 338 g/mol. The van der Waals surface area contributed by atoms with Crippen LogP contribution in [0.5, 0.6) is 0 Å². The second-order valence-electron chi connectivity index (χ2n) is 5.79. The summed E-state index contributed by atoms with van der Waals surface area (Å²) in [7, 11) is 0. The summed E-state index contributed by atoms with van der Waals surface area (Å²) in [5.74, 6) is 0.458. The molecule has 0 atom stereocenters. The fourth-order valence-corrected chi connectivity index (χ4v) is 2.77. The van der Waals surface area contributed by atoms with E-state index in [2.05, 4.69) is 15.3 Å². The molecule has 0 bridgehead atoms. The van der Waals surface area contributed by atoms with Crippen molar-refractivity contribution in [1.82, 2.24) is 9.97 Å². The highest BCUT2D eigenvalue weighted by atomic mass is 16.1. The third kappa shape index (κ3) is 2.92. The molecule has 4 aromatic rings. The number of carbonyl (C=O) groups is 1. The van der Waals surface area contributed by atoms with Crippen LogP contribution < -0.4 is 5.32 Å². The third-order valence-electron chi connectivity index (χ3n) is 4.10. The van der Waals surface area contributed by atoms with Crippen LogP contribution in [0, 0.1) is 11.3 Å². The van der Waals surface area contributed by atoms with E-state index < -0.39 is 0 Å². The zero-order valence-electron chi connectivity index (χ0n) is 13.7. The van der Waals surface area contributed by atoms with Gasteiger partial charge in [-0.15, -0.1) is 0 Å². The zero-order valence-corrected chi connectivity index (χ0v) is 13.7. The van der Waals surface area contributed by atoms with Crippen molar-refractivity contribution >= 4 is 22.6 Å². The SMILES string of the molecule is N#Cc1ccc(C(=O)Nc2ccccc2-c2nc3ccccc3[nH]2)cc1. The summed E-state index contributed by atoms with van der Waals surface area (Å²) < 4.78 is 0. The highest BCUT2D eigenvalue weighted by molar-refractivity contribution is 6.06. The Kier molecular flexibility index (Phi) is 3.92. The van der Waals surface area contributed by atoms with Crippen molar-refractivity contribution in [1.29, 1.82) is 5.26 Å². The molecular weight excluding hydrogens is 324 g/mol. The highest BCUT2D eigenvalue weighted by Crippen LogP contribution is 2.27. The van der Waals surface area contributed by atoms with Gasteiger partial charge in [-0.25, -0.2) is 4.98 Å². The number of nitrogens with zero attached hydrogens (tertiary/aromatic N) is 2. The molecule has 0 fully saturated rings. The van der Waals surface area contributed by atoms with E-state index in [9.17, 15) is 4.79 Å². The molecular formula is C21H14N4O. The van der Waals surface area contributed by atoms with Gasteiger partial charge in [-0.05, 0) is 48.5 Å². The van der Waals surface area contributed by atoms with E-state index in [-0.39, 0.29) is 5.91 Å². The van der Waals surface area contributed by atoms with E-state index in [0.717, 1.165) is 16.6 Å². The van der Waals surface area contributed by atoms with E-state index in [0.29, 0.717) is 22.6 Å². The fourth-order valence-electron chi connectivity index (χ4n) is 2.77. The van der Waals surface area contributed by atoms with Crippen LogP contribution in [-0.4, -0.2) is 15.9 Å². The first-order valence-corrected chi connectivity index (χ1v) is 8.10. The van der Waals surface area contributed by atoms with Crippen molar-refractivity contribution in [2.45, 2.75) is 0 Å². The Labute approximate surface area is 149 Å². The first kappa shape index (κ1) is 15.6. The minimum absolute atomic E-state index is 0.238. The highest BCUT2D eigenvalue weighted by Gasteiger charge is 2.13. The molecule has 4 rings (SSSR count). The lowest BCUT2D eigenvalue weighted by atomic mass is 10.1. The van der Waals surface area contributed by atoms with E-state index >= 15 is 0 Å². The zero-order chi connectivity index (χ0) is 17.9. The quantitative estimate of drug-likeness (QED) is 0.582. The minimum Gasteiger partial charge on any atom is -0.338 e. The van der Waals surface area contributed by atoms with E-state index in [1.165, 1.54) is 0 Å². The molecule has 5 nitrogen and oxygen atoms in total. The normalized spacial score (nSPS) is 10.4. The maximum Gasteiger partial charge on any atom is 0.255 e. The lowest BCUT2D eigenvalue weighted by Crippen LogP contribution is -2.12. The largest absolute Gasteiger partial charge is 0.338 e. The van der Waals surface area contributed by atoms with Crippen molar-refractivity contribution in [2.75, 3.05) is 5.32 Å². The van der Waals surface area contributed by atoms with Crippen LogP contribution >= 0.6 is 0 Å². The summed E-state index contributed by atoms with van der Waals surface area (Å²) in [6, 6.07) is 23.9. The standard InChI is InChI=1S/C21H14N4O/c22-13-14-9-11-15(12-10-14)21(26)25-17-6-2-1-5-16(17)20-23-18-7-3-4-8-19(18)24-20/h1-12H,(H,23,24)(H,25,26). The summed E-state index contributed by atoms with van der Waals surface area (Å²) in [5, 5.41) is 11.8. The van der Waals surface area contributed by atoms with Gasteiger partial charge >= 0.3 is 0 Å². The number of rotatable bonds is 3. The molecule has 0 unspecified atom stereocenters. The molecule has 0 aliphatic carbocycles. The maximum absolute atomic E-state index is 12.5. The molecule has 0 spiro atoms. The van der Waals surface area contributed by atoms with Gasteiger partial charge in [0.15, 0.2) is 0 Å². The molecule has 0 aliphatic rings. The number of H-pyrrole nitrogens is 1. The number of aromatic amines is 1. The van der Waals surface area contributed by atoms with Gasteiger partial charge in [-0.1, -0.05) is 24.3 Å². The van der Waals surface area contributed by atoms with Crippen molar-refractivity contribution in [3.05, 3.63) is 83.9 Å². The second-order valence-corrected chi connectivity index (χ2v) is 5.79. The Hall–Kier alpha value is -3.91. The van der Waals surface area contributed by atoms with Crippen molar-refractivity contribution in [2.24, 2.45) is 0 Å². The first-order chi connectivity index (χ1) is 12.7. The summed E-state index contributed by atoms with van der Waals surface area (Å²) in [4.78, 5) is 20.4. The summed E-state index contributed by atoms with van der Waals surface area (Å²) in [6.45, 7) is 0. The van der Waals surface area contributed by atoms with Gasteiger partial charge in [0.05, 0.1) is 28.4 Å².